The van der Waals surface area contributed by atoms with Crippen LogP contribution in [-0.4, -0.2) is 54.1 Å². The molecule has 140 valence electrons. The molecular formula is C17H23F3N2O3. The molecule has 0 saturated carbocycles. The monoisotopic (exact) mass is 360 g/mol. The number of aliphatic hydroxyl groups is 1. The van der Waals surface area contributed by atoms with Crippen LogP contribution < -0.4 is 10.1 Å². The van der Waals surface area contributed by atoms with Crippen molar-refractivity contribution >= 4 is 6.03 Å². The molecule has 0 bridgehead atoms. The van der Waals surface area contributed by atoms with Crippen LogP contribution in [0.3, 0.4) is 0 Å². The number of piperidine rings is 1. The Bertz CT molecular complexity index is 599. The molecular weight excluding hydrogens is 337 g/mol. The molecule has 1 aromatic carbocycles. The summed E-state index contributed by atoms with van der Waals surface area (Å²) in [6, 6.07) is 6.85. The second kappa shape index (κ2) is 7.51. The maximum absolute atomic E-state index is 12.8. The Balaban J connectivity index is 1.86. The van der Waals surface area contributed by atoms with Gasteiger partial charge in [0, 0.05) is 32.0 Å². The van der Waals surface area contributed by atoms with Crippen molar-refractivity contribution in [1.29, 1.82) is 0 Å². The van der Waals surface area contributed by atoms with E-state index in [2.05, 4.69) is 5.32 Å². The number of ether oxygens (including phenoxy) is 1. The van der Waals surface area contributed by atoms with Gasteiger partial charge in [-0.05, 0) is 31.0 Å². The minimum atomic E-state index is -4.67. The highest BCUT2D eigenvalue weighted by Gasteiger charge is 2.54. The maximum Gasteiger partial charge on any atom is 0.417 e. The van der Waals surface area contributed by atoms with E-state index in [9.17, 15) is 23.1 Å². The summed E-state index contributed by atoms with van der Waals surface area (Å²) in [5, 5.41) is 12.4. The van der Waals surface area contributed by atoms with E-state index < -0.39 is 30.7 Å². The van der Waals surface area contributed by atoms with Crippen molar-refractivity contribution in [3.05, 3.63) is 29.8 Å². The second-order valence-electron chi connectivity index (χ2n) is 6.42. The predicted octanol–water partition coefficient (Wildman–Crippen LogP) is 2.73. The zero-order valence-corrected chi connectivity index (χ0v) is 14.3. The standard InChI is InChI=1S/C17H23F3N2O3/c1-12(10-13-4-3-5-14(11-13)25-2)21-15(23)22-8-6-16(24,7-9-22)17(18,19)20/h3-5,11-12,24H,6-10H2,1-2H3,(H,21,23)/t12-/m0/s1. The lowest BCUT2D eigenvalue weighted by atomic mass is 9.91. The summed E-state index contributed by atoms with van der Waals surface area (Å²) in [4.78, 5) is 13.5. The fraction of sp³-hybridized carbons (Fsp3) is 0.588. The van der Waals surface area contributed by atoms with Crippen LogP contribution in [0.4, 0.5) is 18.0 Å². The quantitative estimate of drug-likeness (QED) is 0.868. The van der Waals surface area contributed by atoms with Crippen molar-refractivity contribution in [2.24, 2.45) is 0 Å². The molecule has 0 aromatic heterocycles. The smallest absolute Gasteiger partial charge is 0.417 e. The number of alkyl halides is 3. The first-order chi connectivity index (χ1) is 11.6. The molecule has 8 heteroatoms. The van der Waals surface area contributed by atoms with Crippen LogP contribution in [0.25, 0.3) is 0 Å². The fourth-order valence-electron chi connectivity index (χ4n) is 2.87. The Kier molecular flexibility index (Phi) is 5.82. The van der Waals surface area contributed by atoms with Gasteiger partial charge in [-0.1, -0.05) is 12.1 Å². The SMILES string of the molecule is COc1cccc(C[C@H](C)NC(=O)N2CCC(O)(C(F)(F)F)CC2)c1. The largest absolute Gasteiger partial charge is 0.497 e. The van der Waals surface area contributed by atoms with Gasteiger partial charge in [-0.3, -0.25) is 0 Å². The van der Waals surface area contributed by atoms with Gasteiger partial charge in [0.05, 0.1) is 7.11 Å². The summed E-state index contributed by atoms with van der Waals surface area (Å²) >= 11 is 0. The molecule has 0 unspecified atom stereocenters. The third kappa shape index (κ3) is 4.78. The first-order valence-electron chi connectivity index (χ1n) is 8.12. The van der Waals surface area contributed by atoms with E-state index in [0.29, 0.717) is 6.42 Å². The van der Waals surface area contributed by atoms with Gasteiger partial charge >= 0.3 is 12.2 Å². The van der Waals surface area contributed by atoms with Gasteiger partial charge in [0.1, 0.15) is 5.75 Å². The lowest BCUT2D eigenvalue weighted by Gasteiger charge is -2.39. The minimum absolute atomic E-state index is 0.131. The molecule has 2 N–H and O–H groups in total. The molecule has 5 nitrogen and oxygen atoms in total. The average Bonchev–Trinajstić information content (AvgIpc) is 2.54. The molecule has 1 atom stereocenters. The van der Waals surface area contributed by atoms with Crippen molar-refractivity contribution in [3.63, 3.8) is 0 Å². The van der Waals surface area contributed by atoms with Crippen LogP contribution in [0.15, 0.2) is 24.3 Å². The van der Waals surface area contributed by atoms with E-state index in [-0.39, 0.29) is 19.1 Å². The lowest BCUT2D eigenvalue weighted by Crippen LogP contribution is -2.56. The number of hydrogen-bond acceptors (Lipinski definition) is 3. The van der Waals surface area contributed by atoms with Crippen molar-refractivity contribution in [1.82, 2.24) is 10.2 Å². The van der Waals surface area contributed by atoms with Crippen LogP contribution in [0.2, 0.25) is 0 Å². The van der Waals surface area contributed by atoms with Crippen molar-refractivity contribution in [2.45, 2.75) is 44.0 Å². The number of methoxy groups -OCH3 is 1. The van der Waals surface area contributed by atoms with E-state index in [4.69, 9.17) is 4.74 Å². The summed E-state index contributed by atoms with van der Waals surface area (Å²) < 4.78 is 43.5. The van der Waals surface area contributed by atoms with Gasteiger partial charge in [0.2, 0.25) is 0 Å². The summed E-state index contributed by atoms with van der Waals surface area (Å²) in [5.74, 6) is 0.721. The molecule has 2 amide bonds. The number of carbonyl (C=O) groups is 1. The van der Waals surface area contributed by atoms with Gasteiger partial charge in [-0.2, -0.15) is 13.2 Å². The summed E-state index contributed by atoms with van der Waals surface area (Å²) in [5.41, 5.74) is -1.71. The first kappa shape index (κ1) is 19.4. The lowest BCUT2D eigenvalue weighted by molar-refractivity contribution is -0.271. The summed E-state index contributed by atoms with van der Waals surface area (Å²) in [6.45, 7) is 1.56. The number of urea groups is 1. The van der Waals surface area contributed by atoms with Gasteiger partial charge in [-0.15, -0.1) is 0 Å². The zero-order chi connectivity index (χ0) is 18.7. The van der Waals surface area contributed by atoms with E-state index in [0.717, 1.165) is 11.3 Å². The number of nitrogens with zero attached hydrogens (tertiary/aromatic N) is 1. The van der Waals surface area contributed by atoms with Gasteiger partial charge < -0.3 is 20.1 Å². The number of carbonyl (C=O) groups excluding carboxylic acids is 1. The Morgan fingerprint density at radius 2 is 2.04 bits per heavy atom. The first-order valence-corrected chi connectivity index (χ1v) is 8.12. The third-order valence-electron chi connectivity index (χ3n) is 4.45. The highest BCUT2D eigenvalue weighted by Crippen LogP contribution is 2.38. The molecule has 25 heavy (non-hydrogen) atoms. The van der Waals surface area contributed by atoms with E-state index >= 15 is 0 Å². The average molecular weight is 360 g/mol. The second-order valence-corrected chi connectivity index (χ2v) is 6.42. The minimum Gasteiger partial charge on any atom is -0.497 e. The Hall–Kier alpha value is -1.96. The summed E-state index contributed by atoms with van der Waals surface area (Å²) in [6.07, 6.45) is -5.11. The van der Waals surface area contributed by atoms with Gasteiger partial charge in [0.25, 0.3) is 0 Å². The zero-order valence-electron chi connectivity index (χ0n) is 14.3. The van der Waals surface area contributed by atoms with E-state index in [1.54, 1.807) is 7.11 Å². The topological polar surface area (TPSA) is 61.8 Å². The van der Waals surface area contributed by atoms with Crippen LogP contribution in [0, 0.1) is 0 Å². The molecule has 0 radical (unpaired) electrons. The number of benzene rings is 1. The fourth-order valence-corrected chi connectivity index (χ4v) is 2.87. The molecule has 1 aliphatic rings. The van der Waals surface area contributed by atoms with Crippen molar-refractivity contribution in [2.75, 3.05) is 20.2 Å². The number of halogens is 3. The predicted molar refractivity (Wildman–Crippen MR) is 86.5 cm³/mol. The molecule has 1 heterocycles. The Labute approximate surface area is 144 Å². The highest BCUT2D eigenvalue weighted by molar-refractivity contribution is 5.74. The molecule has 1 aliphatic heterocycles. The van der Waals surface area contributed by atoms with Crippen LogP contribution in [0.1, 0.15) is 25.3 Å². The van der Waals surface area contributed by atoms with Crippen molar-refractivity contribution < 1.29 is 27.8 Å². The summed E-state index contributed by atoms with van der Waals surface area (Å²) in [7, 11) is 1.57. The van der Waals surface area contributed by atoms with Crippen LogP contribution >= 0.6 is 0 Å². The number of rotatable bonds is 4. The third-order valence-corrected chi connectivity index (χ3v) is 4.45. The van der Waals surface area contributed by atoms with E-state index in [1.807, 2.05) is 31.2 Å². The molecule has 1 saturated heterocycles. The Morgan fingerprint density at radius 1 is 1.40 bits per heavy atom. The Morgan fingerprint density at radius 3 is 2.60 bits per heavy atom. The van der Waals surface area contributed by atoms with Crippen molar-refractivity contribution in [3.8, 4) is 5.75 Å². The number of likely N-dealkylation sites (tertiary alicyclic amines) is 1. The molecule has 2 rings (SSSR count). The molecule has 0 aliphatic carbocycles. The maximum atomic E-state index is 12.8. The molecule has 1 fully saturated rings. The molecule has 1 aromatic rings. The molecule has 0 spiro atoms. The van der Waals surface area contributed by atoms with Gasteiger partial charge in [0.15, 0.2) is 5.60 Å². The number of amides is 2. The normalized spacial score (nSPS) is 18.6. The highest BCUT2D eigenvalue weighted by atomic mass is 19.4. The van der Waals surface area contributed by atoms with Crippen LogP contribution in [-0.2, 0) is 6.42 Å². The van der Waals surface area contributed by atoms with Gasteiger partial charge in [-0.25, -0.2) is 4.79 Å². The number of nitrogens with one attached hydrogen (secondary N) is 1. The number of hydrogen-bond donors (Lipinski definition) is 2. The van der Waals surface area contributed by atoms with Crippen LogP contribution in [0.5, 0.6) is 5.75 Å². The van der Waals surface area contributed by atoms with E-state index in [1.165, 1.54) is 4.90 Å².